The fraction of sp³-hybridized carbons (Fsp3) is 0.250. The smallest absolute Gasteiger partial charge is 0.330 e. The molecule has 0 fully saturated rings. The molecular formula is C4H12F6O2. The van der Waals surface area contributed by atoms with Crippen LogP contribution in [-0.4, -0.2) is 11.1 Å². The van der Waals surface area contributed by atoms with E-state index in [0.29, 0.717) is 0 Å². The highest BCUT2D eigenvalue weighted by Gasteiger charge is 1.90. The second-order valence-electron chi connectivity index (χ2n) is 1.09. The predicted octanol–water partition coefficient (Wildman–Crippen LogP) is 1.56. The molecule has 0 atom stereocenters. The fourth-order valence-electron chi connectivity index (χ4n) is 0. The van der Waals surface area contributed by atoms with Gasteiger partial charge in [0, 0.05) is 5.57 Å². The highest BCUT2D eigenvalue weighted by molar-refractivity contribution is 5.84. The van der Waals surface area contributed by atoms with Gasteiger partial charge in [-0.05, 0) is 6.92 Å². The van der Waals surface area contributed by atoms with Crippen molar-refractivity contribution < 1.29 is 38.1 Å². The van der Waals surface area contributed by atoms with Gasteiger partial charge in [-0.25, -0.2) is 4.79 Å². The van der Waals surface area contributed by atoms with Crippen molar-refractivity contribution in [3.05, 3.63) is 12.2 Å². The molecule has 0 radical (unpaired) electrons. The number of carboxylic acids is 1. The van der Waals surface area contributed by atoms with Gasteiger partial charge in [0.2, 0.25) is 0 Å². The van der Waals surface area contributed by atoms with Crippen LogP contribution in [0.25, 0.3) is 0 Å². The Hall–Kier alpha value is -1.21. The average molecular weight is 206 g/mol. The molecule has 0 unspecified atom stereocenters. The molecule has 0 aromatic heterocycles. The summed E-state index contributed by atoms with van der Waals surface area (Å²) in [5.41, 5.74) is 0.176. The molecule has 0 spiro atoms. The topological polar surface area (TPSA) is 37.3 Å². The molecule has 8 heteroatoms. The highest BCUT2D eigenvalue weighted by atomic mass is 19.0. The summed E-state index contributed by atoms with van der Waals surface area (Å²) in [6.45, 7) is 4.60. The van der Waals surface area contributed by atoms with E-state index in [2.05, 4.69) is 6.58 Å². The van der Waals surface area contributed by atoms with Crippen molar-refractivity contribution in [3.8, 4) is 0 Å². The zero-order valence-corrected chi connectivity index (χ0v) is 6.01. The van der Waals surface area contributed by atoms with Crippen LogP contribution in [0.5, 0.6) is 0 Å². The van der Waals surface area contributed by atoms with E-state index >= 15 is 0 Å². The third kappa shape index (κ3) is 68.5. The Kier molecular flexibility index (Phi) is 198. The first-order chi connectivity index (χ1) is 2.64. The summed E-state index contributed by atoms with van der Waals surface area (Å²) in [6, 6.07) is 0. The molecule has 0 rings (SSSR count). The molecule has 0 aliphatic rings. The Labute approximate surface area is 64.5 Å². The van der Waals surface area contributed by atoms with E-state index in [1.54, 1.807) is 0 Å². The molecular weight excluding hydrogens is 194 g/mol. The zero-order valence-electron chi connectivity index (χ0n) is 6.01. The second kappa shape index (κ2) is 33.0. The maximum Gasteiger partial charge on any atom is 0.330 e. The molecule has 0 amide bonds. The Morgan fingerprint density at radius 3 is 1.08 bits per heavy atom. The Morgan fingerprint density at radius 2 is 1.08 bits per heavy atom. The largest absolute Gasteiger partial charge is 0.478 e. The maximum atomic E-state index is 9.60. The van der Waals surface area contributed by atoms with Gasteiger partial charge in [0.15, 0.2) is 0 Å². The lowest BCUT2D eigenvalue weighted by Crippen LogP contribution is -1.92. The van der Waals surface area contributed by atoms with E-state index in [9.17, 15) is 4.79 Å². The van der Waals surface area contributed by atoms with Crippen LogP contribution in [0.15, 0.2) is 12.2 Å². The molecule has 0 heterocycles. The van der Waals surface area contributed by atoms with Crippen LogP contribution in [0.1, 0.15) is 6.92 Å². The van der Waals surface area contributed by atoms with Crippen LogP contribution in [0.3, 0.4) is 0 Å². The van der Waals surface area contributed by atoms with Crippen molar-refractivity contribution >= 4 is 5.97 Å². The van der Waals surface area contributed by atoms with Crippen LogP contribution in [0, 0.1) is 0 Å². The van der Waals surface area contributed by atoms with Crippen molar-refractivity contribution in [2.75, 3.05) is 0 Å². The molecule has 0 aliphatic carbocycles. The standard InChI is InChI=1S/C4H6O2.6FH/c1-3(2)4(5)6;;;;;;/h1H2,2H3,(H,5,6);6*1H. The fourth-order valence-corrected chi connectivity index (χ4v) is 0. The summed E-state index contributed by atoms with van der Waals surface area (Å²) < 4.78 is 0. The van der Waals surface area contributed by atoms with E-state index in [1.165, 1.54) is 6.92 Å². The summed E-state index contributed by atoms with van der Waals surface area (Å²) in [5, 5.41) is 7.89. The van der Waals surface area contributed by atoms with Crippen molar-refractivity contribution in [3.63, 3.8) is 0 Å². The van der Waals surface area contributed by atoms with Gasteiger partial charge in [-0.3, -0.25) is 28.2 Å². The molecule has 0 bridgehead atoms. The first kappa shape index (κ1) is 72.0. The van der Waals surface area contributed by atoms with Gasteiger partial charge in [-0.2, -0.15) is 0 Å². The zero-order chi connectivity index (χ0) is 5.15. The quantitative estimate of drug-likeness (QED) is 0.522. The van der Waals surface area contributed by atoms with Crippen LogP contribution in [0.4, 0.5) is 28.2 Å². The number of carboxylic acid groups (broad SMARTS) is 1. The lowest BCUT2D eigenvalue weighted by molar-refractivity contribution is -0.132. The number of hydrogen-bond donors (Lipinski definition) is 1. The van der Waals surface area contributed by atoms with Crippen molar-refractivity contribution in [1.82, 2.24) is 0 Å². The molecule has 0 saturated carbocycles. The van der Waals surface area contributed by atoms with Gasteiger partial charge in [-0.1, -0.05) is 6.58 Å². The number of aliphatic carboxylic acids is 1. The molecule has 12 heavy (non-hydrogen) atoms. The normalized spacial score (nSPS) is 3.75. The maximum absolute atomic E-state index is 9.60. The third-order valence-corrected chi connectivity index (χ3v) is 0.365. The predicted molar refractivity (Wildman–Crippen MR) is 37.5 cm³/mol. The first-order valence-electron chi connectivity index (χ1n) is 1.53. The van der Waals surface area contributed by atoms with E-state index in [-0.39, 0.29) is 33.8 Å². The monoisotopic (exact) mass is 206 g/mol. The minimum atomic E-state index is -0.935. The Morgan fingerprint density at radius 1 is 1.00 bits per heavy atom. The highest BCUT2D eigenvalue weighted by Crippen LogP contribution is 1.81. The SMILES string of the molecule is C=C(C)C(=O)O.F.F.F.F.F.F. The minimum Gasteiger partial charge on any atom is -0.478 e. The summed E-state index contributed by atoms with van der Waals surface area (Å²) in [5.74, 6) is -0.935. The summed E-state index contributed by atoms with van der Waals surface area (Å²) >= 11 is 0. The number of halogens is 6. The second-order valence-corrected chi connectivity index (χ2v) is 1.09. The van der Waals surface area contributed by atoms with Gasteiger partial charge < -0.3 is 5.11 Å². The molecule has 2 nitrogen and oxygen atoms in total. The Bertz CT molecular complexity index is 83.5. The first-order valence-corrected chi connectivity index (χ1v) is 1.53. The number of rotatable bonds is 1. The van der Waals surface area contributed by atoms with Gasteiger partial charge >= 0.3 is 5.97 Å². The molecule has 0 saturated heterocycles. The minimum absolute atomic E-state index is 0. The lowest BCUT2D eigenvalue weighted by Gasteiger charge is -1.79. The van der Waals surface area contributed by atoms with Crippen LogP contribution >= 0.6 is 0 Å². The van der Waals surface area contributed by atoms with Crippen molar-refractivity contribution in [1.29, 1.82) is 0 Å². The van der Waals surface area contributed by atoms with Crippen LogP contribution < -0.4 is 0 Å². The molecule has 1 N–H and O–H groups in total. The summed E-state index contributed by atoms with van der Waals surface area (Å²) in [4.78, 5) is 9.60. The van der Waals surface area contributed by atoms with Crippen molar-refractivity contribution in [2.24, 2.45) is 0 Å². The number of hydrogen-bond acceptors (Lipinski definition) is 1. The number of carbonyl (C=O) groups is 1. The van der Waals surface area contributed by atoms with Gasteiger partial charge in [0.1, 0.15) is 0 Å². The molecule has 82 valence electrons. The van der Waals surface area contributed by atoms with Crippen LogP contribution in [0.2, 0.25) is 0 Å². The Balaban J connectivity index is -0.00000000833. The average Bonchev–Trinajstić information content (AvgIpc) is 1.36. The summed E-state index contributed by atoms with van der Waals surface area (Å²) in [6.07, 6.45) is 0. The lowest BCUT2D eigenvalue weighted by atomic mass is 10.4. The third-order valence-electron chi connectivity index (χ3n) is 0.365. The van der Waals surface area contributed by atoms with Gasteiger partial charge in [0.25, 0.3) is 0 Å². The molecule has 0 aromatic carbocycles. The van der Waals surface area contributed by atoms with E-state index in [4.69, 9.17) is 5.11 Å². The van der Waals surface area contributed by atoms with Gasteiger partial charge in [-0.15, -0.1) is 0 Å². The van der Waals surface area contributed by atoms with E-state index in [1.807, 2.05) is 0 Å². The summed E-state index contributed by atoms with van der Waals surface area (Å²) in [7, 11) is 0. The van der Waals surface area contributed by atoms with E-state index < -0.39 is 5.97 Å². The van der Waals surface area contributed by atoms with Crippen molar-refractivity contribution in [2.45, 2.75) is 6.92 Å². The van der Waals surface area contributed by atoms with E-state index in [0.717, 1.165) is 0 Å². The molecule has 0 aromatic rings. The van der Waals surface area contributed by atoms with Crippen LogP contribution in [-0.2, 0) is 4.79 Å². The molecule has 0 aliphatic heterocycles. The van der Waals surface area contributed by atoms with Gasteiger partial charge in [0.05, 0.1) is 0 Å².